The molecule has 36 valence electrons. The highest BCUT2D eigenvalue weighted by atomic mass is 15.0. The van der Waals surface area contributed by atoms with Gasteiger partial charge in [-0.2, -0.15) is 0 Å². The average Bonchev–Trinajstić information content (AvgIpc) is 1.85. The molecule has 4 radical (unpaired) electrons. The summed E-state index contributed by atoms with van der Waals surface area (Å²) in [6.45, 7) is 0. The van der Waals surface area contributed by atoms with Gasteiger partial charge in [0, 0.05) is 24.6 Å². The Hall–Kier alpha value is -0.660. The Kier molecular flexibility index (Phi) is 1.16. The van der Waals surface area contributed by atoms with E-state index in [-0.39, 0.29) is 0 Å². The molecule has 1 heterocycles. The van der Waals surface area contributed by atoms with E-state index in [1.807, 2.05) is 0 Å². The highest BCUT2D eigenvalue weighted by molar-refractivity contribution is 6.34. The number of hydrogen-bond donors (Lipinski definition) is 0. The molecule has 0 atom stereocenters. The standard InChI is InChI=1S/C4H4B2N2/c1-8-2-3(5)7-4(8)6/h2H,1H3. The largest absolute Gasteiger partial charge is 0.348 e. The highest BCUT2D eigenvalue weighted by Gasteiger charge is 1.90. The van der Waals surface area contributed by atoms with Crippen molar-refractivity contribution in [3.63, 3.8) is 0 Å². The van der Waals surface area contributed by atoms with Crippen molar-refractivity contribution in [1.82, 2.24) is 9.55 Å². The predicted molar refractivity (Wildman–Crippen MR) is 34.0 cm³/mol. The number of rotatable bonds is 0. The molecule has 0 N–H and O–H groups in total. The lowest BCUT2D eigenvalue weighted by atomic mass is 10.1. The van der Waals surface area contributed by atoms with Crippen LogP contribution in [0.15, 0.2) is 6.20 Å². The summed E-state index contributed by atoms with van der Waals surface area (Å²) in [6, 6.07) is 0. The normalized spacial score (nSPS) is 9.62. The quantitative estimate of drug-likeness (QED) is 0.346. The predicted octanol–water partition coefficient (Wildman–Crippen LogP) is -1.99. The lowest BCUT2D eigenvalue weighted by Crippen LogP contribution is -2.16. The minimum absolute atomic E-state index is 0.447. The van der Waals surface area contributed by atoms with Crippen molar-refractivity contribution in [3.05, 3.63) is 6.20 Å². The van der Waals surface area contributed by atoms with Crippen LogP contribution in [-0.4, -0.2) is 25.2 Å². The molecule has 0 spiro atoms. The Morgan fingerprint density at radius 3 is 2.38 bits per heavy atom. The molecule has 8 heavy (non-hydrogen) atoms. The van der Waals surface area contributed by atoms with Gasteiger partial charge < -0.3 is 4.57 Å². The van der Waals surface area contributed by atoms with Crippen molar-refractivity contribution in [1.29, 1.82) is 0 Å². The summed E-state index contributed by atoms with van der Waals surface area (Å²) >= 11 is 0. The van der Waals surface area contributed by atoms with Crippen LogP contribution < -0.4 is 11.3 Å². The molecule has 4 heteroatoms. The molecular formula is C4H4B2N2. The Morgan fingerprint density at radius 2 is 2.25 bits per heavy atom. The van der Waals surface area contributed by atoms with Crippen LogP contribution in [0, 0.1) is 0 Å². The fourth-order valence-corrected chi connectivity index (χ4v) is 0.505. The van der Waals surface area contributed by atoms with Gasteiger partial charge in [-0.15, -0.1) is 0 Å². The SMILES string of the molecule is [B]c1cn(C)c([B])n1. The second kappa shape index (κ2) is 1.69. The van der Waals surface area contributed by atoms with Crippen LogP contribution in [0.25, 0.3) is 0 Å². The van der Waals surface area contributed by atoms with E-state index < -0.39 is 0 Å². The lowest BCUT2D eigenvalue weighted by molar-refractivity contribution is 0.952. The number of aryl methyl sites for hydroxylation is 1. The smallest absolute Gasteiger partial charge is 0.167 e. The van der Waals surface area contributed by atoms with E-state index in [9.17, 15) is 0 Å². The van der Waals surface area contributed by atoms with Gasteiger partial charge in [-0.25, -0.2) is 0 Å². The summed E-state index contributed by atoms with van der Waals surface area (Å²) in [5.74, 6) is 0. The van der Waals surface area contributed by atoms with Gasteiger partial charge in [-0.3, -0.25) is 4.98 Å². The van der Waals surface area contributed by atoms with Crippen molar-refractivity contribution in [3.8, 4) is 0 Å². The van der Waals surface area contributed by atoms with E-state index in [4.69, 9.17) is 15.7 Å². The van der Waals surface area contributed by atoms with Crippen LogP contribution in [0.4, 0.5) is 0 Å². The van der Waals surface area contributed by atoms with Gasteiger partial charge in [-0.05, 0) is 0 Å². The van der Waals surface area contributed by atoms with E-state index in [1.54, 1.807) is 17.8 Å². The molecule has 0 saturated carbocycles. The lowest BCUT2D eigenvalue weighted by Gasteiger charge is -1.88. The van der Waals surface area contributed by atoms with Crippen molar-refractivity contribution in [2.75, 3.05) is 0 Å². The Balaban J connectivity index is 3.14. The first-order valence-electron chi connectivity index (χ1n) is 2.24. The molecule has 0 unspecified atom stereocenters. The molecule has 1 aromatic rings. The summed E-state index contributed by atoms with van der Waals surface area (Å²) in [5.41, 5.74) is 0.910. The maximum atomic E-state index is 5.31. The fraction of sp³-hybridized carbons (Fsp3) is 0.250. The van der Waals surface area contributed by atoms with Crippen molar-refractivity contribution < 1.29 is 0 Å². The van der Waals surface area contributed by atoms with Gasteiger partial charge in [0.25, 0.3) is 0 Å². The van der Waals surface area contributed by atoms with Crippen molar-refractivity contribution >= 4 is 27.0 Å². The maximum Gasteiger partial charge on any atom is 0.167 e. The summed E-state index contributed by atoms with van der Waals surface area (Å²) in [5, 5.41) is 0. The first kappa shape index (κ1) is 5.48. The number of hydrogen-bond acceptors (Lipinski definition) is 1. The van der Waals surface area contributed by atoms with Crippen LogP contribution in [0.2, 0.25) is 0 Å². The van der Waals surface area contributed by atoms with Crippen LogP contribution in [0.1, 0.15) is 0 Å². The molecule has 0 aromatic carbocycles. The Bertz CT molecular complexity index is 174. The minimum Gasteiger partial charge on any atom is -0.348 e. The number of aromatic nitrogens is 2. The molecule has 0 amide bonds. The van der Waals surface area contributed by atoms with E-state index in [2.05, 4.69) is 4.98 Å². The van der Waals surface area contributed by atoms with Gasteiger partial charge in [-0.1, -0.05) is 0 Å². The van der Waals surface area contributed by atoms with Crippen molar-refractivity contribution in [2.45, 2.75) is 0 Å². The Labute approximate surface area is 50.7 Å². The first-order chi connectivity index (χ1) is 3.70. The molecule has 0 aliphatic heterocycles. The third-order valence-electron chi connectivity index (χ3n) is 0.931. The van der Waals surface area contributed by atoms with E-state index in [0.717, 1.165) is 0 Å². The van der Waals surface area contributed by atoms with Gasteiger partial charge in [0.15, 0.2) is 7.85 Å². The zero-order chi connectivity index (χ0) is 6.15. The third kappa shape index (κ3) is 0.782. The maximum absolute atomic E-state index is 5.31. The van der Waals surface area contributed by atoms with Crippen LogP contribution >= 0.6 is 0 Å². The molecular weight excluding hydrogens is 97.7 g/mol. The van der Waals surface area contributed by atoms with Crippen LogP contribution in [0.5, 0.6) is 0 Å². The molecule has 0 saturated heterocycles. The summed E-state index contributed by atoms with van der Waals surface area (Å²) in [4.78, 5) is 3.73. The number of nitrogens with zero attached hydrogens (tertiary/aromatic N) is 2. The summed E-state index contributed by atoms with van der Waals surface area (Å²) in [7, 11) is 12.4. The minimum atomic E-state index is 0.447. The van der Waals surface area contributed by atoms with Crippen molar-refractivity contribution in [2.24, 2.45) is 7.05 Å². The Morgan fingerprint density at radius 1 is 1.62 bits per heavy atom. The van der Waals surface area contributed by atoms with Gasteiger partial charge in [0.2, 0.25) is 0 Å². The molecule has 0 aliphatic rings. The average molecular weight is 102 g/mol. The zero-order valence-corrected chi connectivity index (χ0v) is 4.63. The highest BCUT2D eigenvalue weighted by Crippen LogP contribution is 1.66. The first-order valence-corrected chi connectivity index (χ1v) is 2.24. The third-order valence-corrected chi connectivity index (χ3v) is 0.931. The monoisotopic (exact) mass is 102 g/mol. The van der Waals surface area contributed by atoms with Gasteiger partial charge in [0.05, 0.1) is 0 Å². The van der Waals surface area contributed by atoms with Crippen LogP contribution in [-0.2, 0) is 7.05 Å². The fourth-order valence-electron chi connectivity index (χ4n) is 0.505. The van der Waals surface area contributed by atoms with E-state index in [0.29, 0.717) is 11.3 Å². The zero-order valence-electron chi connectivity index (χ0n) is 4.63. The molecule has 0 fully saturated rings. The number of imidazole rings is 1. The van der Waals surface area contributed by atoms with Gasteiger partial charge >= 0.3 is 0 Å². The van der Waals surface area contributed by atoms with Gasteiger partial charge in [0.1, 0.15) is 7.85 Å². The molecule has 1 aromatic heterocycles. The van der Waals surface area contributed by atoms with E-state index in [1.165, 1.54) is 0 Å². The molecule has 0 aliphatic carbocycles. The van der Waals surface area contributed by atoms with Crippen LogP contribution in [0.3, 0.4) is 0 Å². The molecule has 0 bridgehead atoms. The topological polar surface area (TPSA) is 17.8 Å². The van der Waals surface area contributed by atoms with E-state index >= 15 is 0 Å². The second-order valence-corrected chi connectivity index (χ2v) is 1.63. The summed E-state index contributed by atoms with van der Waals surface area (Å²) in [6.07, 6.45) is 1.66. The summed E-state index contributed by atoms with van der Waals surface area (Å²) < 4.78 is 1.66. The molecule has 1 rings (SSSR count). The second-order valence-electron chi connectivity index (χ2n) is 1.63. The molecule has 2 nitrogen and oxygen atoms in total.